The van der Waals surface area contributed by atoms with Crippen LogP contribution in [0.1, 0.15) is 23.2 Å². The fraction of sp³-hybridized carbons (Fsp3) is 0.364. The highest BCUT2D eigenvalue weighted by Gasteiger charge is 2.38. The third-order valence-corrected chi connectivity index (χ3v) is 6.01. The average molecular weight is 416 g/mol. The van der Waals surface area contributed by atoms with Crippen LogP contribution in [0.3, 0.4) is 0 Å². The molecule has 0 N–H and O–H groups in total. The molecule has 7 heteroatoms. The lowest BCUT2D eigenvalue weighted by Gasteiger charge is -2.27. The van der Waals surface area contributed by atoms with E-state index in [1.54, 1.807) is 47.4 Å². The van der Waals surface area contributed by atoms with Crippen LogP contribution >= 0.6 is 11.6 Å². The third kappa shape index (κ3) is 4.00. The van der Waals surface area contributed by atoms with Gasteiger partial charge in [-0.1, -0.05) is 35.9 Å². The molecule has 152 valence electrons. The second-order valence-electron chi connectivity index (χ2n) is 7.41. The molecule has 0 bridgehead atoms. The van der Waals surface area contributed by atoms with Gasteiger partial charge >= 0.3 is 0 Å². The molecule has 2 fully saturated rings. The first-order valence-electron chi connectivity index (χ1n) is 9.90. The molecule has 4 rings (SSSR count). The number of anilines is 1. The number of benzene rings is 2. The standard InChI is InChI=1S/C22H23ClFN3O2/c23-17-7-2-1-6-16(17)21(28)26-12-5-11-25(14-15-26)20-10-13-27(22(20)29)19-9-4-3-8-18(19)24/h1-4,6-9,20H,5,10-15H2. The van der Waals surface area contributed by atoms with Crippen molar-refractivity contribution in [3.8, 4) is 0 Å². The number of hydrogen-bond donors (Lipinski definition) is 0. The van der Waals surface area contributed by atoms with E-state index in [2.05, 4.69) is 4.90 Å². The van der Waals surface area contributed by atoms with Crippen LogP contribution in [-0.2, 0) is 4.79 Å². The number of rotatable bonds is 3. The number of para-hydroxylation sites is 1. The van der Waals surface area contributed by atoms with Gasteiger partial charge in [-0.2, -0.15) is 0 Å². The lowest BCUT2D eigenvalue weighted by Crippen LogP contribution is -2.44. The minimum Gasteiger partial charge on any atom is -0.337 e. The fourth-order valence-electron chi connectivity index (χ4n) is 4.17. The first-order valence-corrected chi connectivity index (χ1v) is 10.3. The summed E-state index contributed by atoms with van der Waals surface area (Å²) in [6, 6.07) is 13.2. The lowest BCUT2D eigenvalue weighted by molar-refractivity contribution is -0.121. The molecule has 0 radical (unpaired) electrons. The molecule has 0 saturated carbocycles. The van der Waals surface area contributed by atoms with Crippen LogP contribution in [0.5, 0.6) is 0 Å². The van der Waals surface area contributed by atoms with Crippen molar-refractivity contribution in [3.63, 3.8) is 0 Å². The zero-order valence-electron chi connectivity index (χ0n) is 16.1. The molecule has 1 unspecified atom stereocenters. The summed E-state index contributed by atoms with van der Waals surface area (Å²) >= 11 is 6.18. The van der Waals surface area contributed by atoms with Gasteiger partial charge in [0.25, 0.3) is 5.91 Å². The van der Waals surface area contributed by atoms with Gasteiger partial charge in [-0.3, -0.25) is 14.5 Å². The van der Waals surface area contributed by atoms with Gasteiger partial charge in [-0.05, 0) is 37.1 Å². The Morgan fingerprint density at radius 2 is 1.72 bits per heavy atom. The Hall–Kier alpha value is -2.44. The molecule has 0 spiro atoms. The highest BCUT2D eigenvalue weighted by molar-refractivity contribution is 6.33. The summed E-state index contributed by atoms with van der Waals surface area (Å²) in [5.41, 5.74) is 0.843. The van der Waals surface area contributed by atoms with Gasteiger partial charge in [0.2, 0.25) is 5.91 Å². The van der Waals surface area contributed by atoms with Gasteiger partial charge in [-0.15, -0.1) is 0 Å². The van der Waals surface area contributed by atoms with E-state index in [4.69, 9.17) is 11.6 Å². The second kappa shape index (κ2) is 8.51. The first kappa shape index (κ1) is 19.9. The van der Waals surface area contributed by atoms with E-state index in [0.717, 1.165) is 13.0 Å². The van der Waals surface area contributed by atoms with Gasteiger partial charge in [0.1, 0.15) is 5.82 Å². The molecule has 2 saturated heterocycles. The van der Waals surface area contributed by atoms with Crippen molar-refractivity contribution in [3.05, 3.63) is 64.9 Å². The quantitative estimate of drug-likeness (QED) is 0.771. The molecule has 5 nitrogen and oxygen atoms in total. The number of carbonyl (C=O) groups excluding carboxylic acids is 2. The molecule has 2 heterocycles. The minimum atomic E-state index is -0.381. The van der Waals surface area contributed by atoms with Crippen LogP contribution in [0.15, 0.2) is 48.5 Å². The molecule has 2 aliphatic rings. The monoisotopic (exact) mass is 415 g/mol. The maximum Gasteiger partial charge on any atom is 0.255 e. The number of halogens is 2. The summed E-state index contributed by atoms with van der Waals surface area (Å²) < 4.78 is 14.1. The van der Waals surface area contributed by atoms with Crippen LogP contribution in [0, 0.1) is 5.82 Å². The Morgan fingerprint density at radius 1 is 0.966 bits per heavy atom. The molecule has 1 atom stereocenters. The first-order chi connectivity index (χ1) is 14.1. The van der Waals surface area contributed by atoms with Crippen molar-refractivity contribution >= 4 is 29.1 Å². The summed E-state index contributed by atoms with van der Waals surface area (Å²) in [5.74, 6) is -0.530. The topological polar surface area (TPSA) is 43.9 Å². The smallest absolute Gasteiger partial charge is 0.255 e. The van der Waals surface area contributed by atoms with Crippen LogP contribution in [0.2, 0.25) is 5.02 Å². The molecule has 2 aromatic carbocycles. The second-order valence-corrected chi connectivity index (χ2v) is 7.81. The van der Waals surface area contributed by atoms with E-state index in [1.165, 1.54) is 11.0 Å². The molecule has 29 heavy (non-hydrogen) atoms. The van der Waals surface area contributed by atoms with E-state index >= 15 is 0 Å². The largest absolute Gasteiger partial charge is 0.337 e. The SMILES string of the molecule is O=C(c1ccccc1Cl)N1CCCN(C2CCN(c3ccccc3F)C2=O)CC1. The van der Waals surface area contributed by atoms with Crippen molar-refractivity contribution in [2.24, 2.45) is 0 Å². The Labute approximate surface area is 174 Å². The van der Waals surface area contributed by atoms with E-state index < -0.39 is 0 Å². The Bertz CT molecular complexity index is 922. The van der Waals surface area contributed by atoms with Crippen LogP contribution < -0.4 is 4.90 Å². The number of nitrogens with zero attached hydrogens (tertiary/aromatic N) is 3. The molecule has 0 aliphatic carbocycles. The number of hydrogen-bond acceptors (Lipinski definition) is 3. The van der Waals surface area contributed by atoms with Crippen molar-refractivity contribution in [2.75, 3.05) is 37.6 Å². The zero-order chi connectivity index (χ0) is 20.4. The van der Waals surface area contributed by atoms with Crippen LogP contribution in [0.25, 0.3) is 0 Å². The van der Waals surface area contributed by atoms with E-state index in [-0.39, 0.29) is 23.7 Å². The fourth-order valence-corrected chi connectivity index (χ4v) is 4.39. The van der Waals surface area contributed by atoms with Gasteiger partial charge in [0, 0.05) is 32.7 Å². The molecule has 2 aliphatic heterocycles. The van der Waals surface area contributed by atoms with Gasteiger partial charge < -0.3 is 9.80 Å². The predicted octanol–water partition coefficient (Wildman–Crippen LogP) is 3.43. The average Bonchev–Trinajstić information content (AvgIpc) is 2.94. The molecule has 0 aromatic heterocycles. The maximum atomic E-state index is 14.1. The highest BCUT2D eigenvalue weighted by Crippen LogP contribution is 2.27. The number of amides is 2. The Balaban J connectivity index is 1.43. The normalized spacial score (nSPS) is 20.8. The lowest BCUT2D eigenvalue weighted by atomic mass is 10.2. The van der Waals surface area contributed by atoms with Crippen molar-refractivity contribution in [1.29, 1.82) is 0 Å². The van der Waals surface area contributed by atoms with Gasteiger partial charge in [-0.25, -0.2) is 4.39 Å². The Morgan fingerprint density at radius 3 is 2.52 bits per heavy atom. The van der Waals surface area contributed by atoms with Crippen molar-refractivity contribution < 1.29 is 14.0 Å². The van der Waals surface area contributed by atoms with Crippen molar-refractivity contribution in [1.82, 2.24) is 9.80 Å². The minimum absolute atomic E-state index is 0.0685. The van der Waals surface area contributed by atoms with Gasteiger partial charge in [0.05, 0.1) is 22.3 Å². The zero-order valence-corrected chi connectivity index (χ0v) is 16.8. The van der Waals surface area contributed by atoms with E-state index in [1.807, 2.05) is 0 Å². The van der Waals surface area contributed by atoms with E-state index in [0.29, 0.717) is 48.9 Å². The molecule has 2 amide bonds. The highest BCUT2D eigenvalue weighted by atomic mass is 35.5. The molecular formula is C22H23ClFN3O2. The van der Waals surface area contributed by atoms with Crippen LogP contribution in [0.4, 0.5) is 10.1 Å². The maximum absolute atomic E-state index is 14.1. The predicted molar refractivity (Wildman–Crippen MR) is 111 cm³/mol. The van der Waals surface area contributed by atoms with E-state index in [9.17, 15) is 14.0 Å². The third-order valence-electron chi connectivity index (χ3n) is 5.68. The summed E-state index contributed by atoms with van der Waals surface area (Å²) in [6.45, 7) is 3.00. The number of carbonyl (C=O) groups is 2. The summed E-state index contributed by atoms with van der Waals surface area (Å²) in [5, 5.41) is 0.449. The molecule has 2 aromatic rings. The summed E-state index contributed by atoms with van der Waals surface area (Å²) in [4.78, 5) is 31.3. The summed E-state index contributed by atoms with van der Waals surface area (Å²) in [7, 11) is 0. The van der Waals surface area contributed by atoms with Crippen LogP contribution in [-0.4, -0.2) is 60.4 Å². The summed E-state index contributed by atoms with van der Waals surface area (Å²) in [6.07, 6.45) is 1.44. The molecular weight excluding hydrogens is 393 g/mol. The Kier molecular flexibility index (Phi) is 5.83. The van der Waals surface area contributed by atoms with Crippen molar-refractivity contribution in [2.45, 2.75) is 18.9 Å². The van der Waals surface area contributed by atoms with Gasteiger partial charge in [0.15, 0.2) is 0 Å².